The quantitative estimate of drug-likeness (QED) is 0.718. The van der Waals surface area contributed by atoms with E-state index in [-0.39, 0.29) is 0 Å². The number of urea groups is 1. The molecule has 0 heterocycles. The number of hydrogen-bond donors (Lipinski definition) is 2. The lowest BCUT2D eigenvalue weighted by atomic mass is 10.3. The Morgan fingerprint density at radius 1 is 1.54 bits per heavy atom. The summed E-state index contributed by atoms with van der Waals surface area (Å²) in [5.41, 5.74) is 2.73. The van der Waals surface area contributed by atoms with Crippen LogP contribution in [0.5, 0.6) is 0 Å². The van der Waals surface area contributed by atoms with E-state index in [0.717, 1.165) is 0 Å². The van der Waals surface area contributed by atoms with Gasteiger partial charge in [-0.1, -0.05) is 17.7 Å². The van der Waals surface area contributed by atoms with Crippen LogP contribution < -0.4 is 10.8 Å². The molecule has 4 nitrogen and oxygen atoms in total. The van der Waals surface area contributed by atoms with Crippen molar-refractivity contribution in [3.8, 4) is 0 Å². The van der Waals surface area contributed by atoms with Crippen LogP contribution in [0.2, 0.25) is 5.02 Å². The molecule has 0 aromatic heterocycles. The fraction of sp³-hybridized carbons (Fsp3) is 0.125. The normalized spacial score (nSPS) is 9.38. The van der Waals surface area contributed by atoms with E-state index < -0.39 is 6.03 Å². The number of carbonyl (C=O) groups is 1. The van der Waals surface area contributed by atoms with Crippen LogP contribution in [-0.4, -0.2) is 13.1 Å². The van der Waals surface area contributed by atoms with Crippen molar-refractivity contribution in [3.63, 3.8) is 0 Å². The highest BCUT2D eigenvalue weighted by atomic mass is 35.5. The first-order valence-electron chi connectivity index (χ1n) is 3.58. The van der Waals surface area contributed by atoms with Crippen LogP contribution in [-0.2, 0) is 4.84 Å². The summed E-state index contributed by atoms with van der Waals surface area (Å²) in [7, 11) is 1.36. The van der Waals surface area contributed by atoms with Crippen LogP contribution in [0.1, 0.15) is 0 Å². The molecule has 1 aromatic rings. The van der Waals surface area contributed by atoms with Gasteiger partial charge in [0.15, 0.2) is 0 Å². The van der Waals surface area contributed by atoms with Crippen molar-refractivity contribution >= 4 is 23.3 Å². The van der Waals surface area contributed by atoms with Crippen LogP contribution in [0.15, 0.2) is 24.3 Å². The monoisotopic (exact) mass is 200 g/mol. The Hall–Kier alpha value is -1.26. The van der Waals surface area contributed by atoms with E-state index in [0.29, 0.717) is 10.7 Å². The first-order chi connectivity index (χ1) is 6.22. The van der Waals surface area contributed by atoms with Gasteiger partial charge in [0.25, 0.3) is 0 Å². The second kappa shape index (κ2) is 4.69. The average Bonchev–Trinajstić information content (AvgIpc) is 2.04. The molecule has 0 saturated heterocycles. The molecule has 0 fully saturated rings. The molecule has 1 aromatic carbocycles. The Labute approximate surface area is 80.8 Å². The molecule has 13 heavy (non-hydrogen) atoms. The van der Waals surface area contributed by atoms with Crippen LogP contribution in [0, 0.1) is 0 Å². The minimum Gasteiger partial charge on any atom is -0.306 e. The Kier molecular flexibility index (Phi) is 3.54. The van der Waals surface area contributed by atoms with Gasteiger partial charge in [0.2, 0.25) is 0 Å². The van der Waals surface area contributed by atoms with E-state index in [1.165, 1.54) is 7.11 Å². The van der Waals surface area contributed by atoms with E-state index in [4.69, 9.17) is 11.6 Å². The SMILES string of the molecule is CONC(=O)Nc1cccc(Cl)c1. The minimum absolute atomic E-state index is 0.440. The third kappa shape index (κ3) is 3.31. The lowest BCUT2D eigenvalue weighted by Gasteiger charge is -2.04. The molecule has 2 amide bonds. The lowest BCUT2D eigenvalue weighted by Crippen LogP contribution is -2.27. The average molecular weight is 201 g/mol. The largest absolute Gasteiger partial charge is 0.343 e. The van der Waals surface area contributed by atoms with Crippen molar-refractivity contribution in [2.75, 3.05) is 12.4 Å². The summed E-state index contributed by atoms with van der Waals surface area (Å²) >= 11 is 5.70. The number of hydroxylamine groups is 1. The number of rotatable bonds is 2. The fourth-order valence-electron chi connectivity index (χ4n) is 0.816. The Balaban J connectivity index is 2.58. The number of anilines is 1. The number of nitrogens with one attached hydrogen (secondary N) is 2. The molecule has 0 aliphatic carbocycles. The fourth-order valence-corrected chi connectivity index (χ4v) is 1.01. The summed E-state index contributed by atoms with van der Waals surface area (Å²) in [6.07, 6.45) is 0. The summed E-state index contributed by atoms with van der Waals surface area (Å²) < 4.78 is 0. The van der Waals surface area contributed by atoms with Gasteiger partial charge in [-0.2, -0.15) is 0 Å². The summed E-state index contributed by atoms with van der Waals surface area (Å²) in [5.74, 6) is 0. The zero-order valence-corrected chi connectivity index (χ0v) is 7.76. The van der Waals surface area contributed by atoms with Gasteiger partial charge in [-0.15, -0.1) is 0 Å². The molecule has 0 spiro atoms. The van der Waals surface area contributed by atoms with E-state index >= 15 is 0 Å². The van der Waals surface area contributed by atoms with Crippen LogP contribution >= 0.6 is 11.6 Å². The van der Waals surface area contributed by atoms with Crippen LogP contribution in [0.4, 0.5) is 10.5 Å². The molecule has 0 atom stereocenters. The van der Waals surface area contributed by atoms with Gasteiger partial charge in [-0.05, 0) is 18.2 Å². The Morgan fingerprint density at radius 2 is 2.31 bits per heavy atom. The first kappa shape index (κ1) is 9.83. The summed E-state index contributed by atoms with van der Waals surface area (Å²) in [6, 6.07) is 6.38. The number of halogens is 1. The summed E-state index contributed by atoms with van der Waals surface area (Å²) in [6.45, 7) is 0. The first-order valence-corrected chi connectivity index (χ1v) is 3.95. The molecule has 70 valence electrons. The third-order valence-corrected chi connectivity index (χ3v) is 1.51. The standard InChI is InChI=1S/C8H9ClN2O2/c1-13-11-8(12)10-7-4-2-3-6(9)5-7/h2-5H,1H3,(H2,10,11,12). The second-order valence-electron chi connectivity index (χ2n) is 2.27. The molecule has 2 N–H and O–H groups in total. The summed E-state index contributed by atoms with van der Waals surface area (Å²) in [5, 5.41) is 3.09. The highest BCUT2D eigenvalue weighted by Crippen LogP contribution is 2.14. The van der Waals surface area contributed by atoms with Crippen molar-refractivity contribution < 1.29 is 9.63 Å². The van der Waals surface area contributed by atoms with E-state index in [1.807, 2.05) is 0 Å². The van der Waals surface area contributed by atoms with Crippen molar-refractivity contribution in [2.24, 2.45) is 0 Å². The molecule has 0 unspecified atom stereocenters. The summed E-state index contributed by atoms with van der Waals surface area (Å²) in [4.78, 5) is 15.3. The zero-order chi connectivity index (χ0) is 9.68. The maximum atomic E-state index is 10.9. The topological polar surface area (TPSA) is 50.4 Å². The molecule has 5 heteroatoms. The van der Waals surface area contributed by atoms with Crippen molar-refractivity contribution in [2.45, 2.75) is 0 Å². The number of hydrogen-bond acceptors (Lipinski definition) is 2. The lowest BCUT2D eigenvalue weighted by molar-refractivity contribution is 0.114. The highest BCUT2D eigenvalue weighted by molar-refractivity contribution is 6.30. The maximum Gasteiger partial charge on any atom is 0.343 e. The Bertz CT molecular complexity index is 304. The van der Waals surface area contributed by atoms with Gasteiger partial charge in [0, 0.05) is 10.7 Å². The zero-order valence-electron chi connectivity index (χ0n) is 7.00. The molecule has 0 aliphatic rings. The third-order valence-electron chi connectivity index (χ3n) is 1.28. The number of carbonyl (C=O) groups excluding carboxylic acids is 1. The van der Waals surface area contributed by atoms with E-state index in [1.54, 1.807) is 24.3 Å². The van der Waals surface area contributed by atoms with Gasteiger partial charge in [-0.25, -0.2) is 10.3 Å². The molecule has 0 radical (unpaired) electrons. The number of amides is 2. The van der Waals surface area contributed by atoms with E-state index in [2.05, 4.69) is 15.6 Å². The van der Waals surface area contributed by atoms with Gasteiger partial charge in [0.05, 0.1) is 7.11 Å². The molecule has 0 bridgehead atoms. The highest BCUT2D eigenvalue weighted by Gasteiger charge is 1.99. The Morgan fingerprint density at radius 3 is 2.92 bits per heavy atom. The minimum atomic E-state index is -0.440. The van der Waals surface area contributed by atoms with Crippen LogP contribution in [0.3, 0.4) is 0 Å². The van der Waals surface area contributed by atoms with Gasteiger partial charge in [-0.3, -0.25) is 4.84 Å². The maximum absolute atomic E-state index is 10.9. The van der Waals surface area contributed by atoms with Gasteiger partial charge >= 0.3 is 6.03 Å². The molecule has 0 saturated carbocycles. The van der Waals surface area contributed by atoms with Crippen molar-refractivity contribution in [1.29, 1.82) is 0 Å². The second-order valence-corrected chi connectivity index (χ2v) is 2.71. The van der Waals surface area contributed by atoms with Crippen LogP contribution in [0.25, 0.3) is 0 Å². The molecular formula is C8H9ClN2O2. The molecular weight excluding hydrogens is 192 g/mol. The van der Waals surface area contributed by atoms with Crippen molar-refractivity contribution in [3.05, 3.63) is 29.3 Å². The predicted molar refractivity (Wildman–Crippen MR) is 50.6 cm³/mol. The predicted octanol–water partition coefficient (Wildman–Crippen LogP) is 2.02. The van der Waals surface area contributed by atoms with E-state index in [9.17, 15) is 4.79 Å². The molecule has 1 rings (SSSR count). The molecule has 0 aliphatic heterocycles. The van der Waals surface area contributed by atoms with Crippen molar-refractivity contribution in [1.82, 2.24) is 5.48 Å². The van der Waals surface area contributed by atoms with Gasteiger partial charge < -0.3 is 5.32 Å². The van der Waals surface area contributed by atoms with Gasteiger partial charge in [0.1, 0.15) is 0 Å². The number of benzene rings is 1. The smallest absolute Gasteiger partial charge is 0.306 e.